The van der Waals surface area contributed by atoms with E-state index in [1.54, 1.807) is 26.8 Å². The van der Waals surface area contributed by atoms with Crippen molar-refractivity contribution in [3.8, 4) is 0 Å². The lowest BCUT2D eigenvalue weighted by Crippen LogP contribution is -2.55. The highest BCUT2D eigenvalue weighted by atomic mass is 19.1. The molecular formula is C17H23FN2O4. The first-order valence-corrected chi connectivity index (χ1v) is 7.86. The van der Waals surface area contributed by atoms with Crippen molar-refractivity contribution in [1.82, 2.24) is 4.90 Å². The van der Waals surface area contributed by atoms with E-state index in [0.29, 0.717) is 5.69 Å². The Morgan fingerprint density at radius 1 is 1.29 bits per heavy atom. The summed E-state index contributed by atoms with van der Waals surface area (Å²) in [6, 6.07) is 5.69. The van der Waals surface area contributed by atoms with Gasteiger partial charge in [-0.15, -0.1) is 0 Å². The van der Waals surface area contributed by atoms with Crippen LogP contribution in [-0.2, 0) is 9.53 Å². The largest absolute Gasteiger partial charge is 0.480 e. The minimum absolute atomic E-state index is 0.206. The molecule has 1 aromatic rings. The molecule has 0 bridgehead atoms. The number of hydrogen-bond donors (Lipinski definition) is 2. The molecule has 1 amide bonds. The first kappa shape index (κ1) is 18.0. The zero-order valence-corrected chi connectivity index (χ0v) is 14.1. The van der Waals surface area contributed by atoms with Crippen molar-refractivity contribution in [3.05, 3.63) is 30.1 Å². The molecule has 0 aliphatic carbocycles. The SMILES string of the molecule is CC(C)(C)OC(=O)N1CCC(Nc2cccc(F)c2)(C(=O)O)CC1. The Morgan fingerprint density at radius 3 is 2.42 bits per heavy atom. The predicted octanol–water partition coefficient (Wildman–Crippen LogP) is 3.09. The number of nitrogens with zero attached hydrogens (tertiary/aromatic N) is 1. The third-order valence-electron chi connectivity index (χ3n) is 3.89. The van der Waals surface area contributed by atoms with E-state index in [1.807, 2.05) is 0 Å². The van der Waals surface area contributed by atoms with E-state index in [4.69, 9.17) is 4.74 Å². The molecule has 2 rings (SSSR count). The van der Waals surface area contributed by atoms with Crippen LogP contribution < -0.4 is 5.32 Å². The molecule has 0 spiro atoms. The van der Waals surface area contributed by atoms with Crippen LogP contribution in [0, 0.1) is 5.82 Å². The zero-order valence-electron chi connectivity index (χ0n) is 14.1. The number of hydrogen-bond acceptors (Lipinski definition) is 4. The predicted molar refractivity (Wildman–Crippen MR) is 87.4 cm³/mol. The molecule has 7 heteroatoms. The van der Waals surface area contributed by atoms with Crippen molar-refractivity contribution in [1.29, 1.82) is 0 Å². The molecule has 24 heavy (non-hydrogen) atoms. The van der Waals surface area contributed by atoms with Crippen LogP contribution in [0.3, 0.4) is 0 Å². The number of benzene rings is 1. The fraction of sp³-hybridized carbons (Fsp3) is 0.529. The number of piperidine rings is 1. The molecule has 1 aliphatic heterocycles. The average Bonchev–Trinajstić information content (AvgIpc) is 2.46. The summed E-state index contributed by atoms with van der Waals surface area (Å²) < 4.78 is 18.6. The molecule has 0 radical (unpaired) electrons. The molecule has 0 saturated carbocycles. The second-order valence-electron chi connectivity index (χ2n) is 6.99. The Morgan fingerprint density at radius 2 is 1.92 bits per heavy atom. The van der Waals surface area contributed by atoms with Gasteiger partial charge in [0.05, 0.1) is 0 Å². The van der Waals surface area contributed by atoms with E-state index in [1.165, 1.54) is 23.1 Å². The standard InChI is InChI=1S/C17H23FN2O4/c1-16(2,3)24-15(23)20-9-7-17(8-10-20,14(21)22)19-13-6-4-5-12(18)11-13/h4-6,11,19H,7-10H2,1-3H3,(H,21,22). The van der Waals surface area contributed by atoms with Crippen molar-refractivity contribution >= 4 is 17.7 Å². The number of ether oxygens (including phenoxy) is 1. The minimum Gasteiger partial charge on any atom is -0.480 e. The van der Waals surface area contributed by atoms with Gasteiger partial charge in [0, 0.05) is 18.8 Å². The van der Waals surface area contributed by atoms with Crippen molar-refractivity contribution < 1.29 is 23.8 Å². The van der Waals surface area contributed by atoms with Crippen molar-refractivity contribution in [2.75, 3.05) is 18.4 Å². The normalized spacial score (nSPS) is 17.2. The van der Waals surface area contributed by atoms with Crippen LogP contribution in [0.2, 0.25) is 0 Å². The summed E-state index contributed by atoms with van der Waals surface area (Å²) in [5.41, 5.74) is -1.42. The molecule has 132 valence electrons. The van der Waals surface area contributed by atoms with Gasteiger partial charge in [-0.05, 0) is 51.8 Å². The lowest BCUT2D eigenvalue weighted by Gasteiger charge is -2.40. The molecule has 1 saturated heterocycles. The number of aliphatic carboxylic acids is 1. The maximum Gasteiger partial charge on any atom is 0.410 e. The summed E-state index contributed by atoms with van der Waals surface area (Å²) in [6.45, 7) is 5.85. The van der Waals surface area contributed by atoms with Gasteiger partial charge in [0.1, 0.15) is 17.0 Å². The van der Waals surface area contributed by atoms with Crippen LogP contribution in [0.4, 0.5) is 14.9 Å². The summed E-state index contributed by atoms with van der Waals surface area (Å²) in [7, 11) is 0. The Bertz CT molecular complexity index is 619. The van der Waals surface area contributed by atoms with E-state index in [-0.39, 0.29) is 25.9 Å². The number of carbonyl (C=O) groups is 2. The van der Waals surface area contributed by atoms with Crippen molar-refractivity contribution in [3.63, 3.8) is 0 Å². The third kappa shape index (κ3) is 4.37. The van der Waals surface area contributed by atoms with E-state index >= 15 is 0 Å². The summed E-state index contributed by atoms with van der Waals surface area (Å²) in [4.78, 5) is 25.4. The third-order valence-corrected chi connectivity index (χ3v) is 3.89. The van der Waals surface area contributed by atoms with Gasteiger partial charge in [-0.3, -0.25) is 0 Å². The highest BCUT2D eigenvalue weighted by Gasteiger charge is 2.43. The monoisotopic (exact) mass is 338 g/mol. The number of likely N-dealkylation sites (tertiary alicyclic amines) is 1. The number of nitrogens with one attached hydrogen (secondary N) is 1. The summed E-state index contributed by atoms with van der Waals surface area (Å²) in [5, 5.41) is 12.6. The fourth-order valence-electron chi connectivity index (χ4n) is 2.63. The van der Waals surface area contributed by atoms with Gasteiger partial charge >= 0.3 is 12.1 Å². The highest BCUT2D eigenvalue weighted by Crippen LogP contribution is 2.28. The number of rotatable bonds is 3. The molecule has 0 atom stereocenters. The summed E-state index contributed by atoms with van der Waals surface area (Å²) >= 11 is 0. The van der Waals surface area contributed by atoms with Crippen LogP contribution in [0.15, 0.2) is 24.3 Å². The van der Waals surface area contributed by atoms with Crippen LogP contribution in [0.1, 0.15) is 33.6 Å². The van der Waals surface area contributed by atoms with Gasteiger partial charge in [-0.25, -0.2) is 14.0 Å². The lowest BCUT2D eigenvalue weighted by molar-refractivity contribution is -0.144. The first-order chi connectivity index (χ1) is 11.1. The van der Waals surface area contributed by atoms with E-state index < -0.39 is 29.0 Å². The van der Waals surface area contributed by atoms with Gasteiger partial charge in [0.2, 0.25) is 0 Å². The Balaban J connectivity index is 2.06. The van der Waals surface area contributed by atoms with Crippen LogP contribution >= 0.6 is 0 Å². The number of carboxylic acid groups (broad SMARTS) is 1. The summed E-state index contributed by atoms with van der Waals surface area (Å²) in [5.74, 6) is -1.46. The topological polar surface area (TPSA) is 78.9 Å². The molecule has 1 aromatic carbocycles. The number of carbonyl (C=O) groups excluding carboxylic acids is 1. The molecular weight excluding hydrogens is 315 g/mol. The maximum absolute atomic E-state index is 13.3. The van der Waals surface area contributed by atoms with Crippen LogP contribution in [-0.4, -0.2) is 46.3 Å². The van der Waals surface area contributed by atoms with Gasteiger partial charge in [0.25, 0.3) is 0 Å². The first-order valence-electron chi connectivity index (χ1n) is 7.86. The van der Waals surface area contributed by atoms with E-state index in [0.717, 1.165) is 0 Å². The zero-order chi connectivity index (χ0) is 18.0. The quantitative estimate of drug-likeness (QED) is 0.885. The molecule has 1 heterocycles. The fourth-order valence-corrected chi connectivity index (χ4v) is 2.63. The van der Waals surface area contributed by atoms with Crippen LogP contribution in [0.25, 0.3) is 0 Å². The molecule has 0 aromatic heterocycles. The second kappa shape index (κ2) is 6.67. The molecule has 2 N–H and O–H groups in total. The van der Waals surface area contributed by atoms with Gasteiger partial charge in [-0.1, -0.05) is 6.07 Å². The highest BCUT2D eigenvalue weighted by molar-refractivity contribution is 5.83. The maximum atomic E-state index is 13.3. The summed E-state index contributed by atoms with van der Waals surface area (Å²) in [6.07, 6.45) is -0.0387. The number of amides is 1. The van der Waals surface area contributed by atoms with Crippen molar-refractivity contribution in [2.24, 2.45) is 0 Å². The Kier molecular flexibility index (Phi) is 5.01. The molecule has 1 fully saturated rings. The van der Waals surface area contributed by atoms with Gasteiger partial charge in [0.15, 0.2) is 0 Å². The van der Waals surface area contributed by atoms with Crippen molar-refractivity contribution in [2.45, 2.75) is 44.8 Å². The number of halogens is 1. The smallest absolute Gasteiger partial charge is 0.410 e. The minimum atomic E-state index is -1.23. The Hall–Kier alpha value is -2.31. The van der Waals surface area contributed by atoms with Gasteiger partial charge < -0.3 is 20.1 Å². The molecule has 1 aliphatic rings. The average molecular weight is 338 g/mol. The number of anilines is 1. The molecule has 0 unspecified atom stereocenters. The number of carboxylic acids is 1. The molecule has 6 nitrogen and oxygen atoms in total. The van der Waals surface area contributed by atoms with E-state index in [2.05, 4.69) is 5.32 Å². The van der Waals surface area contributed by atoms with Crippen LogP contribution in [0.5, 0.6) is 0 Å². The lowest BCUT2D eigenvalue weighted by atomic mass is 9.87. The Labute approximate surface area is 140 Å². The van der Waals surface area contributed by atoms with Gasteiger partial charge in [-0.2, -0.15) is 0 Å². The second-order valence-corrected chi connectivity index (χ2v) is 6.99. The van der Waals surface area contributed by atoms with E-state index in [9.17, 15) is 19.1 Å².